The average molecular weight is 328 g/mol. The van der Waals surface area contributed by atoms with Crippen molar-refractivity contribution in [1.82, 2.24) is 5.32 Å². The Kier molecular flexibility index (Phi) is 3.94. The minimum absolute atomic E-state index is 0.0103. The molecule has 0 aromatic rings. The number of alkyl halides is 1. The molecule has 0 radical (unpaired) electrons. The summed E-state index contributed by atoms with van der Waals surface area (Å²) in [4.78, 5) is 11.8. The first-order chi connectivity index (χ1) is 9.10. The number of rotatable bonds is 5. The van der Waals surface area contributed by atoms with E-state index in [2.05, 4.69) is 21.2 Å². The fourth-order valence-corrected chi connectivity index (χ4v) is 5.51. The van der Waals surface area contributed by atoms with Crippen LogP contribution < -0.4 is 5.32 Å². The maximum Gasteiger partial charge on any atom is 0.233 e. The first kappa shape index (κ1) is 13.9. The van der Waals surface area contributed by atoms with Gasteiger partial charge in [-0.3, -0.25) is 4.79 Å². The van der Waals surface area contributed by atoms with Gasteiger partial charge in [-0.2, -0.15) is 0 Å². The molecule has 0 aliphatic heterocycles. The Labute approximate surface area is 125 Å². The van der Waals surface area contributed by atoms with Crippen molar-refractivity contribution in [2.24, 2.45) is 23.2 Å². The van der Waals surface area contributed by atoms with E-state index in [1.165, 1.54) is 44.9 Å². The van der Waals surface area contributed by atoms with E-state index in [4.69, 9.17) is 0 Å². The fraction of sp³-hybridized carbons (Fsp3) is 0.938. The van der Waals surface area contributed by atoms with E-state index in [0.29, 0.717) is 5.41 Å². The second-order valence-corrected chi connectivity index (χ2v) is 8.44. The predicted molar refractivity (Wildman–Crippen MR) is 81.2 cm³/mol. The highest BCUT2D eigenvalue weighted by atomic mass is 79.9. The van der Waals surface area contributed by atoms with Crippen LogP contribution in [0.25, 0.3) is 0 Å². The molecule has 1 N–H and O–H groups in total. The molecular formula is C16H26BrNO. The third-order valence-electron chi connectivity index (χ3n) is 5.76. The third kappa shape index (κ3) is 2.86. The zero-order valence-corrected chi connectivity index (χ0v) is 13.5. The van der Waals surface area contributed by atoms with Crippen LogP contribution in [0.1, 0.15) is 58.3 Å². The monoisotopic (exact) mass is 327 g/mol. The fourth-order valence-electron chi connectivity index (χ4n) is 5.34. The smallest absolute Gasteiger partial charge is 0.233 e. The Morgan fingerprint density at radius 2 is 1.74 bits per heavy atom. The topological polar surface area (TPSA) is 29.1 Å². The Morgan fingerprint density at radius 3 is 2.21 bits per heavy atom. The second-order valence-electron chi connectivity index (χ2n) is 7.33. The lowest BCUT2D eigenvalue weighted by atomic mass is 9.49. The van der Waals surface area contributed by atoms with Crippen LogP contribution >= 0.6 is 15.9 Å². The molecule has 0 aromatic carbocycles. The molecule has 0 heterocycles. The largest absolute Gasteiger partial charge is 0.355 e. The SMILES string of the molecule is CCC(Br)C(=O)NCCC12CC3CC(CC(C3)C1)C2. The summed E-state index contributed by atoms with van der Waals surface area (Å²) in [7, 11) is 0. The van der Waals surface area contributed by atoms with Crippen LogP contribution in [-0.4, -0.2) is 17.3 Å². The van der Waals surface area contributed by atoms with Crippen LogP contribution in [0.4, 0.5) is 0 Å². The summed E-state index contributed by atoms with van der Waals surface area (Å²) >= 11 is 3.42. The molecule has 1 amide bonds. The van der Waals surface area contributed by atoms with Gasteiger partial charge in [-0.1, -0.05) is 22.9 Å². The van der Waals surface area contributed by atoms with E-state index in [1.807, 2.05) is 6.92 Å². The molecule has 19 heavy (non-hydrogen) atoms. The van der Waals surface area contributed by atoms with E-state index in [0.717, 1.165) is 30.7 Å². The summed E-state index contributed by atoms with van der Waals surface area (Å²) in [5.74, 6) is 3.22. The Hall–Kier alpha value is -0.0500. The van der Waals surface area contributed by atoms with E-state index in [-0.39, 0.29) is 10.7 Å². The van der Waals surface area contributed by atoms with E-state index < -0.39 is 0 Å². The molecule has 0 spiro atoms. The number of amides is 1. The van der Waals surface area contributed by atoms with E-state index in [1.54, 1.807) is 0 Å². The zero-order chi connectivity index (χ0) is 13.5. The molecule has 4 aliphatic rings. The van der Waals surface area contributed by atoms with Crippen LogP contribution in [0.3, 0.4) is 0 Å². The first-order valence-corrected chi connectivity index (χ1v) is 8.93. The molecule has 2 nitrogen and oxygen atoms in total. The van der Waals surface area contributed by atoms with Gasteiger partial charge >= 0.3 is 0 Å². The molecule has 3 heteroatoms. The van der Waals surface area contributed by atoms with Crippen LogP contribution in [-0.2, 0) is 4.79 Å². The zero-order valence-electron chi connectivity index (χ0n) is 12.0. The minimum atomic E-state index is -0.0103. The van der Waals surface area contributed by atoms with Gasteiger partial charge in [0.2, 0.25) is 5.91 Å². The van der Waals surface area contributed by atoms with E-state index >= 15 is 0 Å². The summed E-state index contributed by atoms with van der Waals surface area (Å²) in [5.41, 5.74) is 0.593. The van der Waals surface area contributed by atoms with Gasteiger partial charge in [0.15, 0.2) is 0 Å². The maximum absolute atomic E-state index is 11.8. The van der Waals surface area contributed by atoms with Crippen molar-refractivity contribution >= 4 is 21.8 Å². The third-order valence-corrected chi connectivity index (χ3v) is 6.83. The first-order valence-electron chi connectivity index (χ1n) is 8.02. The van der Waals surface area contributed by atoms with Crippen molar-refractivity contribution in [3.8, 4) is 0 Å². The molecule has 4 bridgehead atoms. The van der Waals surface area contributed by atoms with Crippen molar-refractivity contribution in [2.75, 3.05) is 6.54 Å². The summed E-state index contributed by atoms with van der Waals surface area (Å²) in [6.07, 6.45) is 10.9. The van der Waals surface area contributed by atoms with Gasteiger partial charge in [0.1, 0.15) is 0 Å². The van der Waals surface area contributed by atoms with Crippen molar-refractivity contribution in [1.29, 1.82) is 0 Å². The molecular weight excluding hydrogens is 302 g/mol. The summed E-state index contributed by atoms with van der Waals surface area (Å²) in [6.45, 7) is 2.92. The van der Waals surface area contributed by atoms with Crippen LogP contribution in [0, 0.1) is 23.2 Å². The van der Waals surface area contributed by atoms with Gasteiger partial charge in [-0.15, -0.1) is 0 Å². The standard InChI is InChI=1S/C16H26BrNO/c1-2-14(17)15(19)18-4-3-16-8-11-5-12(9-16)7-13(6-11)10-16/h11-14H,2-10H2,1H3,(H,18,19). The summed E-state index contributed by atoms with van der Waals surface area (Å²) in [6, 6.07) is 0. The Balaban J connectivity index is 1.51. The van der Waals surface area contributed by atoms with Gasteiger partial charge < -0.3 is 5.32 Å². The molecule has 4 rings (SSSR count). The number of carbonyl (C=O) groups is 1. The van der Waals surface area contributed by atoms with Gasteiger partial charge in [0.25, 0.3) is 0 Å². The molecule has 1 unspecified atom stereocenters. The normalized spacial score (nSPS) is 41.3. The highest BCUT2D eigenvalue weighted by Gasteiger charge is 2.50. The molecule has 0 saturated heterocycles. The van der Waals surface area contributed by atoms with E-state index in [9.17, 15) is 4.79 Å². The number of hydrogen-bond donors (Lipinski definition) is 1. The lowest BCUT2D eigenvalue weighted by Gasteiger charge is -2.57. The van der Waals surface area contributed by atoms with Crippen LogP contribution in [0.15, 0.2) is 0 Å². The number of nitrogens with one attached hydrogen (secondary N) is 1. The molecule has 4 aliphatic carbocycles. The van der Waals surface area contributed by atoms with Gasteiger partial charge in [0.05, 0.1) is 4.83 Å². The average Bonchev–Trinajstić information content (AvgIpc) is 2.35. The molecule has 4 fully saturated rings. The molecule has 108 valence electrons. The van der Waals surface area contributed by atoms with Crippen LogP contribution in [0.2, 0.25) is 0 Å². The minimum Gasteiger partial charge on any atom is -0.355 e. The molecule has 1 atom stereocenters. The summed E-state index contributed by atoms with van der Waals surface area (Å²) in [5, 5.41) is 3.12. The number of carbonyl (C=O) groups excluding carboxylic acids is 1. The molecule has 0 aromatic heterocycles. The van der Waals surface area contributed by atoms with Gasteiger partial charge in [0, 0.05) is 6.54 Å². The van der Waals surface area contributed by atoms with Crippen molar-refractivity contribution < 1.29 is 4.79 Å². The Morgan fingerprint density at radius 1 is 1.21 bits per heavy atom. The molecule has 4 saturated carbocycles. The lowest BCUT2D eigenvalue weighted by molar-refractivity contribution is -0.120. The highest BCUT2D eigenvalue weighted by Crippen LogP contribution is 2.61. The predicted octanol–water partition coefficient (Wildman–Crippen LogP) is 3.88. The summed E-state index contributed by atoms with van der Waals surface area (Å²) < 4.78 is 0. The highest BCUT2D eigenvalue weighted by molar-refractivity contribution is 9.10. The van der Waals surface area contributed by atoms with Crippen molar-refractivity contribution in [2.45, 2.75) is 63.1 Å². The maximum atomic E-state index is 11.8. The van der Waals surface area contributed by atoms with Crippen molar-refractivity contribution in [3.05, 3.63) is 0 Å². The van der Waals surface area contributed by atoms with Crippen molar-refractivity contribution in [3.63, 3.8) is 0 Å². The van der Waals surface area contributed by atoms with Gasteiger partial charge in [-0.05, 0) is 74.5 Å². The number of hydrogen-bond acceptors (Lipinski definition) is 1. The Bertz CT molecular complexity index is 319. The van der Waals surface area contributed by atoms with Gasteiger partial charge in [-0.25, -0.2) is 0 Å². The second kappa shape index (κ2) is 5.38. The van der Waals surface area contributed by atoms with Crippen LogP contribution in [0.5, 0.6) is 0 Å². The quantitative estimate of drug-likeness (QED) is 0.763. The number of halogens is 1. The lowest BCUT2D eigenvalue weighted by Crippen LogP contribution is -2.47.